The lowest BCUT2D eigenvalue weighted by atomic mass is 10.2. The fourth-order valence-electron chi connectivity index (χ4n) is 1.84. The molecule has 2 rings (SSSR count). The summed E-state index contributed by atoms with van der Waals surface area (Å²) in [6.45, 7) is 3.32. The van der Waals surface area contributed by atoms with E-state index in [4.69, 9.17) is 5.73 Å². The van der Waals surface area contributed by atoms with Gasteiger partial charge in [-0.25, -0.2) is 4.21 Å². The Morgan fingerprint density at radius 2 is 1.90 bits per heavy atom. The van der Waals surface area contributed by atoms with Crippen LogP contribution in [0.2, 0.25) is 0 Å². The predicted molar refractivity (Wildman–Crippen MR) is 81.0 cm³/mol. The third-order valence-electron chi connectivity index (χ3n) is 2.84. The van der Waals surface area contributed by atoms with Crippen LogP contribution in [0.25, 0.3) is 0 Å². The van der Waals surface area contributed by atoms with Gasteiger partial charge in [-0.3, -0.25) is 4.79 Å². The van der Waals surface area contributed by atoms with Gasteiger partial charge in [-0.05, 0) is 36.8 Å². The van der Waals surface area contributed by atoms with Crippen LogP contribution in [0.1, 0.15) is 12.5 Å². The van der Waals surface area contributed by atoms with Crippen LogP contribution in [0, 0.1) is 6.92 Å². The number of aryl methyl sites for hydroxylation is 1. The Balaban J connectivity index is 2.41. The highest BCUT2D eigenvalue weighted by molar-refractivity contribution is 7.85. The number of nitrogen functional groups attached to an aromatic ring is 1. The molecule has 2 aromatic rings. The first kappa shape index (κ1) is 14.3. The first-order valence-electron chi connectivity index (χ1n) is 6.13. The fourth-order valence-corrected chi connectivity index (χ4v) is 3.07. The van der Waals surface area contributed by atoms with Gasteiger partial charge in [-0.2, -0.15) is 0 Å². The average Bonchev–Trinajstić information content (AvgIpc) is 2.40. The predicted octanol–water partition coefficient (Wildman–Crippen LogP) is 2.70. The second-order valence-electron chi connectivity index (χ2n) is 4.46. The number of hydrogen-bond donors (Lipinski definition) is 2. The van der Waals surface area contributed by atoms with E-state index in [2.05, 4.69) is 5.32 Å². The lowest BCUT2D eigenvalue weighted by Crippen LogP contribution is -2.08. The average molecular weight is 288 g/mol. The molecule has 2 aromatic carbocycles. The van der Waals surface area contributed by atoms with Crippen molar-refractivity contribution in [3.63, 3.8) is 0 Å². The highest BCUT2D eigenvalue weighted by atomic mass is 32.2. The summed E-state index contributed by atoms with van der Waals surface area (Å²) in [6.07, 6.45) is 0. The van der Waals surface area contributed by atoms with E-state index < -0.39 is 10.8 Å². The highest BCUT2D eigenvalue weighted by Gasteiger charge is 2.12. The summed E-state index contributed by atoms with van der Waals surface area (Å²) in [4.78, 5) is 12.5. The molecule has 0 aliphatic heterocycles. The number of hydrogen-bond acceptors (Lipinski definition) is 3. The zero-order valence-corrected chi connectivity index (χ0v) is 12.2. The van der Waals surface area contributed by atoms with Crippen LogP contribution in [0.15, 0.2) is 52.3 Å². The molecule has 0 aromatic heterocycles. The van der Waals surface area contributed by atoms with Crippen LogP contribution < -0.4 is 11.1 Å². The molecule has 1 atom stereocenters. The summed E-state index contributed by atoms with van der Waals surface area (Å²) >= 11 is 0. The summed E-state index contributed by atoms with van der Waals surface area (Å²) < 4.78 is 12.6. The Hall–Kier alpha value is -2.14. The van der Waals surface area contributed by atoms with E-state index in [0.717, 1.165) is 10.5 Å². The largest absolute Gasteiger partial charge is 0.397 e. The van der Waals surface area contributed by atoms with Crippen molar-refractivity contribution in [2.45, 2.75) is 23.6 Å². The van der Waals surface area contributed by atoms with E-state index in [1.807, 2.05) is 31.2 Å². The Kier molecular flexibility index (Phi) is 4.20. The molecule has 0 fully saturated rings. The molecule has 0 aliphatic carbocycles. The topological polar surface area (TPSA) is 72.2 Å². The van der Waals surface area contributed by atoms with Gasteiger partial charge in [-0.1, -0.05) is 18.2 Å². The molecule has 0 spiro atoms. The zero-order chi connectivity index (χ0) is 14.7. The summed E-state index contributed by atoms with van der Waals surface area (Å²) in [6, 6.07) is 12.5. The van der Waals surface area contributed by atoms with Gasteiger partial charge in [-0.15, -0.1) is 0 Å². The van der Waals surface area contributed by atoms with Crippen LogP contribution in [0.3, 0.4) is 0 Å². The third-order valence-corrected chi connectivity index (χ3v) is 4.38. The smallest absolute Gasteiger partial charge is 0.221 e. The van der Waals surface area contributed by atoms with Crippen LogP contribution in [-0.2, 0) is 15.6 Å². The molecule has 1 amide bonds. The van der Waals surface area contributed by atoms with Crippen molar-refractivity contribution in [3.05, 3.63) is 48.0 Å². The maximum atomic E-state index is 12.6. The summed E-state index contributed by atoms with van der Waals surface area (Å²) in [5, 5.41) is 2.64. The van der Waals surface area contributed by atoms with Crippen molar-refractivity contribution in [3.8, 4) is 0 Å². The standard InChI is InChI=1S/C15H16N2O2S/c1-10-5-3-4-6-15(10)20(19)12-7-8-13(16)14(9-12)17-11(2)18/h3-9H,16H2,1-2H3,(H,17,18). The lowest BCUT2D eigenvalue weighted by molar-refractivity contribution is -0.114. The first-order valence-corrected chi connectivity index (χ1v) is 7.28. The van der Waals surface area contributed by atoms with E-state index in [0.29, 0.717) is 16.3 Å². The first-order chi connectivity index (χ1) is 9.49. The zero-order valence-electron chi connectivity index (χ0n) is 11.3. The molecule has 3 N–H and O–H groups in total. The van der Waals surface area contributed by atoms with E-state index in [1.54, 1.807) is 18.2 Å². The molecule has 20 heavy (non-hydrogen) atoms. The Bertz CT molecular complexity index is 683. The van der Waals surface area contributed by atoms with Crippen molar-refractivity contribution in [1.29, 1.82) is 0 Å². The van der Waals surface area contributed by atoms with Gasteiger partial charge in [0.25, 0.3) is 0 Å². The van der Waals surface area contributed by atoms with Crippen LogP contribution >= 0.6 is 0 Å². The second kappa shape index (κ2) is 5.88. The molecule has 4 nitrogen and oxygen atoms in total. The van der Waals surface area contributed by atoms with Crippen molar-refractivity contribution in [1.82, 2.24) is 0 Å². The molecular weight excluding hydrogens is 272 g/mol. The lowest BCUT2D eigenvalue weighted by Gasteiger charge is -2.10. The van der Waals surface area contributed by atoms with Crippen molar-refractivity contribution >= 4 is 28.1 Å². The second-order valence-corrected chi connectivity index (χ2v) is 5.91. The SMILES string of the molecule is CC(=O)Nc1cc(S(=O)c2ccccc2C)ccc1N. The van der Waals surface area contributed by atoms with E-state index in [9.17, 15) is 9.00 Å². The van der Waals surface area contributed by atoms with E-state index in [1.165, 1.54) is 6.92 Å². The van der Waals surface area contributed by atoms with Gasteiger partial charge in [0.05, 0.1) is 22.2 Å². The van der Waals surface area contributed by atoms with Gasteiger partial charge in [0, 0.05) is 16.7 Å². The van der Waals surface area contributed by atoms with Crippen LogP contribution in [0.5, 0.6) is 0 Å². The van der Waals surface area contributed by atoms with Gasteiger partial charge >= 0.3 is 0 Å². The number of amides is 1. The summed E-state index contributed by atoms with van der Waals surface area (Å²) in [7, 11) is -1.30. The van der Waals surface area contributed by atoms with Crippen LogP contribution in [-0.4, -0.2) is 10.1 Å². The molecular formula is C15H16N2O2S. The van der Waals surface area contributed by atoms with Gasteiger partial charge in [0.2, 0.25) is 5.91 Å². The van der Waals surface area contributed by atoms with Gasteiger partial charge in [0.1, 0.15) is 0 Å². The normalized spacial score (nSPS) is 11.9. The minimum absolute atomic E-state index is 0.212. The molecule has 0 saturated heterocycles. The fraction of sp³-hybridized carbons (Fsp3) is 0.133. The molecule has 0 radical (unpaired) electrons. The molecule has 0 heterocycles. The van der Waals surface area contributed by atoms with Crippen molar-refractivity contribution < 1.29 is 9.00 Å². The monoisotopic (exact) mass is 288 g/mol. The quantitative estimate of drug-likeness (QED) is 0.853. The van der Waals surface area contributed by atoms with E-state index >= 15 is 0 Å². The van der Waals surface area contributed by atoms with Crippen molar-refractivity contribution in [2.24, 2.45) is 0 Å². The molecule has 104 valence electrons. The highest BCUT2D eigenvalue weighted by Crippen LogP contribution is 2.26. The third kappa shape index (κ3) is 3.05. The Morgan fingerprint density at radius 3 is 2.55 bits per heavy atom. The number of rotatable bonds is 3. The van der Waals surface area contributed by atoms with E-state index in [-0.39, 0.29) is 5.91 Å². The minimum atomic E-state index is -1.30. The summed E-state index contributed by atoms with van der Waals surface area (Å²) in [5.74, 6) is -0.212. The maximum absolute atomic E-state index is 12.6. The molecule has 5 heteroatoms. The Morgan fingerprint density at radius 1 is 1.20 bits per heavy atom. The summed E-state index contributed by atoms with van der Waals surface area (Å²) in [5.41, 5.74) is 7.69. The number of nitrogens with two attached hydrogens (primary N) is 1. The molecule has 0 saturated carbocycles. The van der Waals surface area contributed by atoms with Crippen molar-refractivity contribution in [2.75, 3.05) is 11.1 Å². The molecule has 1 unspecified atom stereocenters. The Labute approximate surface area is 120 Å². The van der Waals surface area contributed by atoms with Gasteiger partial charge < -0.3 is 11.1 Å². The van der Waals surface area contributed by atoms with Crippen LogP contribution in [0.4, 0.5) is 11.4 Å². The van der Waals surface area contributed by atoms with Gasteiger partial charge in [0.15, 0.2) is 0 Å². The number of carbonyl (C=O) groups excluding carboxylic acids is 1. The molecule has 0 bridgehead atoms. The minimum Gasteiger partial charge on any atom is -0.397 e. The number of benzene rings is 2. The number of nitrogens with one attached hydrogen (secondary N) is 1. The number of carbonyl (C=O) groups is 1. The molecule has 0 aliphatic rings. The maximum Gasteiger partial charge on any atom is 0.221 e. The number of anilines is 2.